The van der Waals surface area contributed by atoms with E-state index in [1.165, 1.54) is 6.07 Å². The fraction of sp³-hybridized carbons (Fsp3) is 0.231. The molecule has 2 aromatic rings. The van der Waals surface area contributed by atoms with E-state index in [-0.39, 0.29) is 5.82 Å². The largest absolute Gasteiger partial charge is 0.207 e. The molecule has 0 N–H and O–H groups in total. The lowest BCUT2D eigenvalue weighted by atomic mass is 10.1. The van der Waals surface area contributed by atoms with Crippen LogP contribution in [0.3, 0.4) is 0 Å². The maximum absolute atomic E-state index is 12.9. The van der Waals surface area contributed by atoms with Crippen molar-refractivity contribution in [3.8, 4) is 10.4 Å². The van der Waals surface area contributed by atoms with Crippen LogP contribution < -0.4 is 0 Å². The van der Waals surface area contributed by atoms with Gasteiger partial charge in [0, 0.05) is 4.88 Å². The monoisotopic (exact) mass is 222 g/mol. The molecule has 0 saturated heterocycles. The van der Waals surface area contributed by atoms with E-state index >= 15 is 0 Å². The summed E-state index contributed by atoms with van der Waals surface area (Å²) < 4.78 is 12.9. The SMILES string of the molecule is CC.Cc1ccc(F)cc1-c1cccs1. The van der Waals surface area contributed by atoms with Gasteiger partial charge in [0.1, 0.15) is 5.82 Å². The van der Waals surface area contributed by atoms with Crippen molar-refractivity contribution in [2.45, 2.75) is 20.8 Å². The van der Waals surface area contributed by atoms with Crippen molar-refractivity contribution in [2.75, 3.05) is 0 Å². The highest BCUT2D eigenvalue weighted by Crippen LogP contribution is 2.28. The fourth-order valence-electron chi connectivity index (χ4n) is 1.29. The van der Waals surface area contributed by atoms with E-state index in [1.54, 1.807) is 17.4 Å². The molecule has 0 aliphatic carbocycles. The molecule has 0 aliphatic heterocycles. The van der Waals surface area contributed by atoms with Crippen LogP contribution in [0.1, 0.15) is 19.4 Å². The molecule has 0 atom stereocenters. The molecular weight excluding hydrogens is 207 g/mol. The van der Waals surface area contributed by atoms with Gasteiger partial charge >= 0.3 is 0 Å². The number of benzene rings is 1. The molecule has 1 heterocycles. The second-order valence-corrected chi connectivity index (χ2v) is 3.88. The minimum absolute atomic E-state index is 0.172. The minimum atomic E-state index is -0.172. The van der Waals surface area contributed by atoms with Gasteiger partial charge in [-0.3, -0.25) is 0 Å². The van der Waals surface area contributed by atoms with Crippen LogP contribution in [0.2, 0.25) is 0 Å². The highest BCUT2D eigenvalue weighted by molar-refractivity contribution is 7.13. The molecule has 80 valence electrons. The van der Waals surface area contributed by atoms with E-state index in [1.807, 2.05) is 44.4 Å². The zero-order valence-electron chi connectivity index (χ0n) is 9.25. The standard InChI is InChI=1S/C11H9FS.C2H6/c1-8-4-5-9(12)7-10(8)11-3-2-6-13-11;1-2/h2-7H,1H3;1-2H3. The summed E-state index contributed by atoms with van der Waals surface area (Å²) in [6, 6.07) is 8.87. The number of hydrogen-bond acceptors (Lipinski definition) is 1. The Balaban J connectivity index is 0.000000531. The third-order valence-electron chi connectivity index (χ3n) is 1.99. The summed E-state index contributed by atoms with van der Waals surface area (Å²) in [4.78, 5) is 1.12. The Kier molecular flexibility index (Phi) is 4.50. The van der Waals surface area contributed by atoms with Crippen LogP contribution in [0, 0.1) is 12.7 Å². The Labute approximate surface area is 94.4 Å². The van der Waals surface area contributed by atoms with Crippen molar-refractivity contribution < 1.29 is 4.39 Å². The summed E-state index contributed by atoms with van der Waals surface area (Å²) in [7, 11) is 0. The first-order chi connectivity index (χ1) is 7.27. The van der Waals surface area contributed by atoms with Gasteiger partial charge in [-0.25, -0.2) is 4.39 Å². The summed E-state index contributed by atoms with van der Waals surface area (Å²) in [5, 5.41) is 2.00. The van der Waals surface area contributed by atoms with Crippen molar-refractivity contribution in [2.24, 2.45) is 0 Å². The molecule has 0 amide bonds. The van der Waals surface area contributed by atoms with E-state index < -0.39 is 0 Å². The molecule has 2 heteroatoms. The van der Waals surface area contributed by atoms with Crippen LogP contribution in [-0.2, 0) is 0 Å². The Hall–Kier alpha value is -1.15. The van der Waals surface area contributed by atoms with Crippen LogP contribution in [0.5, 0.6) is 0 Å². The van der Waals surface area contributed by atoms with Gasteiger partial charge in [-0.1, -0.05) is 26.0 Å². The normalized spacial score (nSPS) is 9.33. The maximum Gasteiger partial charge on any atom is 0.123 e. The first kappa shape index (κ1) is 11.9. The first-order valence-corrected chi connectivity index (χ1v) is 5.95. The average molecular weight is 222 g/mol. The Morgan fingerprint density at radius 3 is 2.47 bits per heavy atom. The topological polar surface area (TPSA) is 0 Å². The molecule has 0 aliphatic rings. The van der Waals surface area contributed by atoms with Gasteiger partial charge < -0.3 is 0 Å². The van der Waals surface area contributed by atoms with Gasteiger partial charge in [-0.05, 0) is 41.6 Å². The quantitative estimate of drug-likeness (QED) is 0.644. The fourth-order valence-corrected chi connectivity index (χ4v) is 2.10. The molecule has 0 spiro atoms. The lowest BCUT2D eigenvalue weighted by Gasteiger charge is -2.02. The van der Waals surface area contributed by atoms with Crippen LogP contribution >= 0.6 is 11.3 Å². The van der Waals surface area contributed by atoms with E-state index in [4.69, 9.17) is 0 Å². The molecule has 0 radical (unpaired) electrons. The van der Waals surface area contributed by atoms with Crippen molar-refractivity contribution in [1.82, 2.24) is 0 Å². The molecule has 0 unspecified atom stereocenters. The van der Waals surface area contributed by atoms with Crippen LogP contribution in [0.15, 0.2) is 35.7 Å². The predicted octanol–water partition coefficient (Wildman–Crippen LogP) is 4.89. The Morgan fingerprint density at radius 1 is 1.13 bits per heavy atom. The van der Waals surface area contributed by atoms with Gasteiger partial charge in [0.15, 0.2) is 0 Å². The highest BCUT2D eigenvalue weighted by Gasteiger charge is 2.03. The smallest absolute Gasteiger partial charge is 0.123 e. The summed E-state index contributed by atoms with van der Waals surface area (Å²) in [5.74, 6) is -0.172. The summed E-state index contributed by atoms with van der Waals surface area (Å²) in [5.41, 5.74) is 2.11. The number of hydrogen-bond donors (Lipinski definition) is 0. The molecule has 0 fully saturated rings. The molecule has 2 rings (SSSR count). The molecule has 1 aromatic carbocycles. The summed E-state index contributed by atoms with van der Waals surface area (Å²) in [6.45, 7) is 5.99. The molecule has 15 heavy (non-hydrogen) atoms. The van der Waals surface area contributed by atoms with Crippen molar-refractivity contribution in [1.29, 1.82) is 0 Å². The highest BCUT2D eigenvalue weighted by atomic mass is 32.1. The van der Waals surface area contributed by atoms with Gasteiger partial charge in [-0.15, -0.1) is 11.3 Å². The van der Waals surface area contributed by atoms with Crippen LogP contribution in [-0.4, -0.2) is 0 Å². The lowest BCUT2D eigenvalue weighted by Crippen LogP contribution is -1.81. The predicted molar refractivity (Wildman–Crippen MR) is 65.8 cm³/mol. The second-order valence-electron chi connectivity index (χ2n) is 2.94. The Morgan fingerprint density at radius 2 is 1.87 bits per heavy atom. The molecular formula is C13H15FS. The van der Waals surface area contributed by atoms with Gasteiger partial charge in [0.2, 0.25) is 0 Å². The van der Waals surface area contributed by atoms with E-state index in [0.29, 0.717) is 0 Å². The van der Waals surface area contributed by atoms with Crippen LogP contribution in [0.4, 0.5) is 4.39 Å². The molecule has 1 aromatic heterocycles. The van der Waals surface area contributed by atoms with Gasteiger partial charge in [0.25, 0.3) is 0 Å². The molecule has 0 nitrogen and oxygen atoms in total. The zero-order chi connectivity index (χ0) is 11.3. The molecule has 0 saturated carbocycles. The van der Waals surface area contributed by atoms with E-state index in [2.05, 4.69) is 0 Å². The number of thiophene rings is 1. The van der Waals surface area contributed by atoms with E-state index in [9.17, 15) is 4.39 Å². The number of rotatable bonds is 1. The minimum Gasteiger partial charge on any atom is -0.207 e. The van der Waals surface area contributed by atoms with Crippen molar-refractivity contribution in [3.63, 3.8) is 0 Å². The van der Waals surface area contributed by atoms with Gasteiger partial charge in [-0.2, -0.15) is 0 Å². The number of aryl methyl sites for hydroxylation is 1. The summed E-state index contributed by atoms with van der Waals surface area (Å²) >= 11 is 1.63. The van der Waals surface area contributed by atoms with Crippen molar-refractivity contribution in [3.05, 3.63) is 47.1 Å². The van der Waals surface area contributed by atoms with E-state index in [0.717, 1.165) is 16.0 Å². The third-order valence-corrected chi connectivity index (χ3v) is 2.89. The summed E-state index contributed by atoms with van der Waals surface area (Å²) in [6.07, 6.45) is 0. The first-order valence-electron chi connectivity index (χ1n) is 5.07. The van der Waals surface area contributed by atoms with Crippen molar-refractivity contribution >= 4 is 11.3 Å². The third kappa shape index (κ3) is 2.90. The zero-order valence-corrected chi connectivity index (χ0v) is 10.1. The Bertz CT molecular complexity index is 404. The number of halogens is 1. The van der Waals surface area contributed by atoms with Gasteiger partial charge in [0.05, 0.1) is 0 Å². The lowest BCUT2D eigenvalue weighted by molar-refractivity contribution is 0.628. The van der Waals surface area contributed by atoms with Crippen LogP contribution in [0.25, 0.3) is 10.4 Å². The maximum atomic E-state index is 12.9. The average Bonchev–Trinajstić information content (AvgIpc) is 2.78. The second kappa shape index (κ2) is 5.66. The molecule has 0 bridgehead atoms.